The topological polar surface area (TPSA) is 57.5 Å². The fourth-order valence-corrected chi connectivity index (χ4v) is 2.31. The summed E-state index contributed by atoms with van der Waals surface area (Å²) in [5.41, 5.74) is -0.752. The number of rotatable bonds is 3. The summed E-state index contributed by atoms with van der Waals surface area (Å²) < 4.78 is 0. The van der Waals surface area contributed by atoms with Gasteiger partial charge in [0.15, 0.2) is 5.60 Å². The second kappa shape index (κ2) is 6.82. The summed E-state index contributed by atoms with van der Waals surface area (Å²) in [6.45, 7) is 12.0. The van der Waals surface area contributed by atoms with Crippen LogP contribution in [0, 0.1) is 5.41 Å². The normalized spacial score (nSPS) is 15.0. The van der Waals surface area contributed by atoms with Gasteiger partial charge in [0.2, 0.25) is 0 Å². The first-order valence-corrected chi connectivity index (χ1v) is 6.93. The second-order valence-electron chi connectivity index (χ2n) is 7.73. The van der Waals surface area contributed by atoms with Crippen LogP contribution in [0.15, 0.2) is 24.3 Å². The van der Waals surface area contributed by atoms with Crippen molar-refractivity contribution in [3.8, 4) is 0 Å². The van der Waals surface area contributed by atoms with Crippen molar-refractivity contribution < 1.29 is 46.0 Å². The van der Waals surface area contributed by atoms with Crippen molar-refractivity contribution >= 4 is 5.97 Å². The summed E-state index contributed by atoms with van der Waals surface area (Å²) in [6.07, 6.45) is 0.170. The predicted octanol–water partition coefficient (Wildman–Crippen LogP) is 0.809. The SMILES string of the molecule is CC(C)(C)CC(O)(C(=O)O)c1cccc(C(C)(C)C)c1.[H-].[Na+]. The van der Waals surface area contributed by atoms with Crippen LogP contribution in [0.25, 0.3) is 0 Å². The molecule has 1 atom stereocenters. The standard InChI is InChI=1S/C17H26O3.Na.H/c1-15(2,3)11-17(20,14(18)19)13-9-7-8-12(10-13)16(4,5)6;;/h7-10,20H,11H2,1-6H3,(H,18,19);;/q;+1;-1. The zero-order valence-electron chi connectivity index (χ0n) is 15.3. The van der Waals surface area contributed by atoms with E-state index < -0.39 is 11.6 Å². The van der Waals surface area contributed by atoms with Crippen LogP contribution < -0.4 is 29.6 Å². The molecule has 1 unspecified atom stereocenters. The Labute approximate surface area is 151 Å². The second-order valence-corrected chi connectivity index (χ2v) is 7.73. The molecule has 114 valence electrons. The van der Waals surface area contributed by atoms with E-state index in [1.165, 1.54) is 0 Å². The van der Waals surface area contributed by atoms with Crippen LogP contribution in [0.2, 0.25) is 0 Å². The minimum absolute atomic E-state index is 0. The Hall–Kier alpha value is -0.350. The molecule has 0 saturated heterocycles. The molecule has 2 N–H and O–H groups in total. The molecule has 0 amide bonds. The molecule has 21 heavy (non-hydrogen) atoms. The number of benzene rings is 1. The van der Waals surface area contributed by atoms with E-state index >= 15 is 0 Å². The maximum Gasteiger partial charge on any atom is 1.00 e. The van der Waals surface area contributed by atoms with Gasteiger partial charge in [-0.15, -0.1) is 0 Å². The van der Waals surface area contributed by atoms with E-state index in [1.54, 1.807) is 12.1 Å². The Kier molecular flexibility index (Phi) is 6.71. The molecule has 0 aliphatic rings. The number of hydrogen-bond donors (Lipinski definition) is 2. The van der Waals surface area contributed by atoms with Crippen molar-refractivity contribution in [1.82, 2.24) is 0 Å². The number of aliphatic carboxylic acids is 1. The largest absolute Gasteiger partial charge is 1.00 e. The van der Waals surface area contributed by atoms with Crippen LogP contribution in [0.4, 0.5) is 0 Å². The molecule has 1 aromatic carbocycles. The van der Waals surface area contributed by atoms with Crippen LogP contribution in [0.5, 0.6) is 0 Å². The van der Waals surface area contributed by atoms with Crippen molar-refractivity contribution in [3.05, 3.63) is 35.4 Å². The Morgan fingerprint density at radius 1 is 1.10 bits per heavy atom. The molecule has 1 rings (SSSR count). The molecule has 0 bridgehead atoms. The summed E-state index contributed by atoms with van der Waals surface area (Å²) in [5.74, 6) is -1.20. The Bertz CT molecular complexity index is 503. The minimum Gasteiger partial charge on any atom is -1.00 e. The van der Waals surface area contributed by atoms with E-state index in [1.807, 2.05) is 32.9 Å². The van der Waals surface area contributed by atoms with Gasteiger partial charge in [0, 0.05) is 0 Å². The third-order valence-electron chi connectivity index (χ3n) is 3.35. The summed E-state index contributed by atoms with van der Waals surface area (Å²) >= 11 is 0. The van der Waals surface area contributed by atoms with E-state index in [4.69, 9.17) is 0 Å². The number of aliphatic hydroxyl groups is 1. The van der Waals surface area contributed by atoms with Gasteiger partial charge >= 0.3 is 35.5 Å². The molecule has 4 heteroatoms. The first-order valence-electron chi connectivity index (χ1n) is 6.93. The third kappa shape index (κ3) is 5.41. The van der Waals surface area contributed by atoms with Gasteiger partial charge in [0.1, 0.15) is 0 Å². The smallest absolute Gasteiger partial charge is 1.00 e. The van der Waals surface area contributed by atoms with E-state index in [0.717, 1.165) is 5.56 Å². The molecule has 0 radical (unpaired) electrons. The molecule has 0 spiro atoms. The summed E-state index contributed by atoms with van der Waals surface area (Å²) in [6, 6.07) is 7.27. The van der Waals surface area contributed by atoms with Gasteiger partial charge < -0.3 is 11.6 Å². The van der Waals surface area contributed by atoms with Gasteiger partial charge in [0.05, 0.1) is 0 Å². The monoisotopic (exact) mass is 302 g/mol. The summed E-state index contributed by atoms with van der Waals surface area (Å²) in [5, 5.41) is 20.2. The van der Waals surface area contributed by atoms with Gasteiger partial charge in [-0.25, -0.2) is 4.79 Å². The molecule has 0 heterocycles. The van der Waals surface area contributed by atoms with E-state index in [9.17, 15) is 15.0 Å². The first kappa shape index (κ1) is 20.6. The molecule has 0 fully saturated rings. The Morgan fingerprint density at radius 3 is 1.95 bits per heavy atom. The average Bonchev–Trinajstić information content (AvgIpc) is 2.25. The molecular weight excluding hydrogens is 275 g/mol. The van der Waals surface area contributed by atoms with Crippen LogP contribution in [0.3, 0.4) is 0 Å². The van der Waals surface area contributed by atoms with E-state index in [2.05, 4.69) is 20.8 Å². The van der Waals surface area contributed by atoms with Crippen molar-refractivity contribution in [2.24, 2.45) is 5.41 Å². The maximum atomic E-state index is 11.6. The minimum atomic E-state index is -1.85. The van der Waals surface area contributed by atoms with Crippen molar-refractivity contribution in [1.29, 1.82) is 0 Å². The molecule has 0 aliphatic carbocycles. The zero-order valence-corrected chi connectivity index (χ0v) is 16.3. The van der Waals surface area contributed by atoms with Crippen molar-refractivity contribution in [2.75, 3.05) is 0 Å². The van der Waals surface area contributed by atoms with E-state index in [-0.39, 0.29) is 48.2 Å². The molecule has 0 aromatic heterocycles. The number of carboxylic acids is 1. The van der Waals surface area contributed by atoms with Gasteiger partial charge in [-0.2, -0.15) is 0 Å². The van der Waals surface area contributed by atoms with E-state index in [0.29, 0.717) is 5.56 Å². The molecular formula is C17H27NaO3. The number of hydrogen-bond acceptors (Lipinski definition) is 2. The molecule has 0 aliphatic heterocycles. The Morgan fingerprint density at radius 2 is 1.57 bits per heavy atom. The van der Waals surface area contributed by atoms with Crippen LogP contribution in [-0.2, 0) is 15.8 Å². The molecule has 0 saturated carbocycles. The summed E-state index contributed by atoms with van der Waals surface area (Å²) in [7, 11) is 0. The zero-order chi connectivity index (χ0) is 15.8. The fraction of sp³-hybridized carbons (Fsp3) is 0.588. The van der Waals surface area contributed by atoms with Crippen LogP contribution in [0.1, 0.15) is 60.5 Å². The van der Waals surface area contributed by atoms with Gasteiger partial charge in [-0.05, 0) is 28.4 Å². The quantitative estimate of drug-likeness (QED) is 0.813. The van der Waals surface area contributed by atoms with Crippen LogP contribution >= 0.6 is 0 Å². The molecule has 1 aromatic rings. The van der Waals surface area contributed by atoms with Gasteiger partial charge in [-0.1, -0.05) is 65.8 Å². The Balaban J connectivity index is 0. The number of carbonyl (C=O) groups is 1. The van der Waals surface area contributed by atoms with Crippen molar-refractivity contribution in [3.63, 3.8) is 0 Å². The molecule has 3 nitrogen and oxygen atoms in total. The van der Waals surface area contributed by atoms with Crippen molar-refractivity contribution in [2.45, 2.75) is 59.0 Å². The van der Waals surface area contributed by atoms with Crippen LogP contribution in [-0.4, -0.2) is 16.2 Å². The predicted molar refractivity (Wildman–Crippen MR) is 81.9 cm³/mol. The third-order valence-corrected chi connectivity index (χ3v) is 3.35. The van der Waals surface area contributed by atoms with Gasteiger partial charge in [0.25, 0.3) is 0 Å². The number of carboxylic acid groups (broad SMARTS) is 1. The first-order chi connectivity index (χ1) is 8.86. The van der Waals surface area contributed by atoms with Gasteiger partial charge in [-0.3, -0.25) is 0 Å². The maximum absolute atomic E-state index is 11.6. The fourth-order valence-electron chi connectivity index (χ4n) is 2.31. The summed E-state index contributed by atoms with van der Waals surface area (Å²) in [4.78, 5) is 11.6. The average molecular weight is 302 g/mol.